The fourth-order valence-corrected chi connectivity index (χ4v) is 4.33. The van der Waals surface area contributed by atoms with Crippen LogP contribution in [0.25, 0.3) is 0 Å². The van der Waals surface area contributed by atoms with Crippen molar-refractivity contribution in [2.75, 3.05) is 19.5 Å². The van der Waals surface area contributed by atoms with Gasteiger partial charge in [-0.2, -0.15) is 8.42 Å². The molecule has 1 unspecified atom stereocenters. The zero-order valence-electron chi connectivity index (χ0n) is 18.1. The van der Waals surface area contributed by atoms with E-state index in [-0.39, 0.29) is 16.7 Å². The minimum absolute atomic E-state index is 0.0697. The molecule has 0 radical (unpaired) electrons. The molecule has 0 aromatic rings. The topological polar surface area (TPSA) is 61.8 Å². The summed E-state index contributed by atoms with van der Waals surface area (Å²) in [7, 11) is -7.34. The van der Waals surface area contributed by atoms with Gasteiger partial charge in [0.1, 0.15) is 6.10 Å². The van der Waals surface area contributed by atoms with Crippen LogP contribution in [0.1, 0.15) is 48.0 Å². The van der Waals surface area contributed by atoms with Crippen LogP contribution < -0.4 is 0 Å². The van der Waals surface area contributed by atoms with E-state index in [4.69, 9.17) is 13.0 Å². The minimum atomic E-state index is -3.53. The molecule has 0 heterocycles. The van der Waals surface area contributed by atoms with E-state index in [1.807, 2.05) is 0 Å². The van der Waals surface area contributed by atoms with Crippen LogP contribution in [0.3, 0.4) is 0 Å². The quantitative estimate of drug-likeness (QED) is 0.403. The van der Waals surface area contributed by atoms with Crippen molar-refractivity contribution < 1.29 is 21.5 Å². The summed E-state index contributed by atoms with van der Waals surface area (Å²) in [6.45, 7) is 22.5. The first kappa shape index (κ1) is 25.3. The van der Waals surface area contributed by atoms with Crippen molar-refractivity contribution in [3.63, 3.8) is 0 Å². The van der Waals surface area contributed by atoms with E-state index >= 15 is 0 Å². The highest BCUT2D eigenvalue weighted by Crippen LogP contribution is 2.37. The van der Waals surface area contributed by atoms with Gasteiger partial charge >= 0.3 is 0 Å². The lowest BCUT2D eigenvalue weighted by Crippen LogP contribution is -2.44. The lowest BCUT2D eigenvalue weighted by atomic mass is 10.2. The standard InChI is InChI=1S/C17H40O5SSi2/c1-16(2,3)24(8,9)20-13-12-15(22-23(7,18)19)14-21-25(10,11)17(4,5)6/h15H,12-14H2,1-11H3. The molecule has 0 spiro atoms. The van der Waals surface area contributed by atoms with Crippen molar-refractivity contribution in [3.05, 3.63) is 0 Å². The molecule has 0 amide bonds. The maximum atomic E-state index is 11.6. The van der Waals surface area contributed by atoms with E-state index in [0.717, 1.165) is 6.26 Å². The minimum Gasteiger partial charge on any atom is -0.417 e. The molecule has 0 N–H and O–H groups in total. The molecule has 0 aliphatic heterocycles. The average molecular weight is 413 g/mol. The Morgan fingerprint density at radius 2 is 1.24 bits per heavy atom. The summed E-state index contributed by atoms with van der Waals surface area (Å²) in [6, 6.07) is 0. The first-order valence-electron chi connectivity index (χ1n) is 8.95. The van der Waals surface area contributed by atoms with Crippen molar-refractivity contribution in [2.24, 2.45) is 0 Å². The second-order valence-electron chi connectivity index (χ2n) is 9.89. The largest absolute Gasteiger partial charge is 0.417 e. The van der Waals surface area contributed by atoms with Crippen LogP contribution in [0, 0.1) is 0 Å². The summed E-state index contributed by atoms with van der Waals surface area (Å²) in [4.78, 5) is 0. The maximum Gasteiger partial charge on any atom is 0.264 e. The fourth-order valence-electron chi connectivity index (χ4n) is 1.59. The molecule has 1 atom stereocenters. The first-order chi connectivity index (χ1) is 10.8. The van der Waals surface area contributed by atoms with Crippen LogP contribution in [0.5, 0.6) is 0 Å². The number of hydrogen-bond donors (Lipinski definition) is 0. The third kappa shape index (κ3) is 9.15. The number of hydrogen-bond acceptors (Lipinski definition) is 5. The Morgan fingerprint density at radius 1 is 0.840 bits per heavy atom. The van der Waals surface area contributed by atoms with Crippen LogP contribution in [-0.4, -0.2) is 50.6 Å². The fraction of sp³-hybridized carbons (Fsp3) is 1.00. The average Bonchev–Trinajstić information content (AvgIpc) is 2.31. The molecular formula is C17H40O5SSi2. The predicted molar refractivity (Wildman–Crippen MR) is 111 cm³/mol. The summed E-state index contributed by atoms with van der Waals surface area (Å²) < 4.78 is 40.7. The summed E-state index contributed by atoms with van der Waals surface area (Å²) >= 11 is 0. The van der Waals surface area contributed by atoms with Crippen molar-refractivity contribution in [1.29, 1.82) is 0 Å². The van der Waals surface area contributed by atoms with Gasteiger partial charge in [0.05, 0.1) is 12.9 Å². The van der Waals surface area contributed by atoms with Gasteiger partial charge in [0, 0.05) is 6.61 Å². The van der Waals surface area contributed by atoms with E-state index in [2.05, 4.69) is 67.7 Å². The SMILES string of the molecule is CC(C)(C)[Si](C)(C)OCCC(CO[Si](C)(C)C(C)(C)C)OS(C)(=O)=O. The zero-order chi connectivity index (χ0) is 20.3. The summed E-state index contributed by atoms with van der Waals surface area (Å²) in [5, 5.41) is 0.193. The van der Waals surface area contributed by atoms with Gasteiger partial charge in [-0.1, -0.05) is 41.5 Å². The van der Waals surface area contributed by atoms with Crippen molar-refractivity contribution in [3.8, 4) is 0 Å². The summed E-state index contributed by atoms with van der Waals surface area (Å²) in [5.41, 5.74) is 0. The zero-order valence-corrected chi connectivity index (χ0v) is 21.0. The molecule has 0 aliphatic carbocycles. The highest BCUT2D eigenvalue weighted by atomic mass is 32.2. The van der Waals surface area contributed by atoms with Crippen molar-refractivity contribution in [1.82, 2.24) is 0 Å². The van der Waals surface area contributed by atoms with Crippen LogP contribution in [0.4, 0.5) is 0 Å². The van der Waals surface area contributed by atoms with E-state index in [1.165, 1.54) is 0 Å². The second kappa shape index (κ2) is 8.52. The molecule has 25 heavy (non-hydrogen) atoms. The monoisotopic (exact) mass is 412 g/mol. The Bertz CT molecular complexity index is 516. The molecular weight excluding hydrogens is 372 g/mol. The lowest BCUT2D eigenvalue weighted by Gasteiger charge is -2.38. The van der Waals surface area contributed by atoms with Gasteiger partial charge in [0.2, 0.25) is 0 Å². The lowest BCUT2D eigenvalue weighted by molar-refractivity contribution is 0.102. The van der Waals surface area contributed by atoms with E-state index in [9.17, 15) is 8.42 Å². The highest BCUT2D eigenvalue weighted by molar-refractivity contribution is 7.86. The van der Waals surface area contributed by atoms with Crippen molar-refractivity contribution in [2.45, 2.75) is 90.3 Å². The molecule has 0 aromatic heterocycles. The van der Waals surface area contributed by atoms with Crippen LogP contribution in [-0.2, 0) is 23.2 Å². The smallest absolute Gasteiger partial charge is 0.264 e. The molecule has 152 valence electrons. The number of rotatable bonds is 9. The molecule has 0 aliphatic rings. The van der Waals surface area contributed by atoms with Gasteiger partial charge in [0.25, 0.3) is 10.1 Å². The van der Waals surface area contributed by atoms with Gasteiger partial charge in [-0.3, -0.25) is 4.18 Å². The Balaban J connectivity index is 4.87. The predicted octanol–water partition coefficient (Wildman–Crippen LogP) is 4.76. The second-order valence-corrected chi connectivity index (χ2v) is 21.1. The van der Waals surface area contributed by atoms with Gasteiger partial charge in [0.15, 0.2) is 16.6 Å². The molecule has 0 fully saturated rings. The summed E-state index contributed by atoms with van der Waals surface area (Å²) in [6.07, 6.45) is 1.09. The molecule has 8 heteroatoms. The molecule has 0 saturated heterocycles. The molecule has 0 aromatic carbocycles. The van der Waals surface area contributed by atoms with E-state index in [1.54, 1.807) is 0 Å². The van der Waals surface area contributed by atoms with Crippen LogP contribution in [0.2, 0.25) is 36.3 Å². The molecule has 0 bridgehead atoms. The third-order valence-corrected chi connectivity index (χ3v) is 15.1. The molecule has 0 saturated carbocycles. The third-order valence-electron chi connectivity index (χ3n) is 5.46. The Hall–Kier alpha value is 0.264. The van der Waals surface area contributed by atoms with Crippen LogP contribution in [0.15, 0.2) is 0 Å². The summed E-state index contributed by atoms with van der Waals surface area (Å²) in [5.74, 6) is 0. The normalized spacial score (nSPS) is 16.1. The van der Waals surface area contributed by atoms with Gasteiger partial charge in [-0.25, -0.2) is 0 Å². The van der Waals surface area contributed by atoms with E-state index in [0.29, 0.717) is 13.0 Å². The first-order valence-corrected chi connectivity index (χ1v) is 16.6. The molecule has 5 nitrogen and oxygen atoms in total. The van der Waals surface area contributed by atoms with Crippen molar-refractivity contribution >= 4 is 26.8 Å². The van der Waals surface area contributed by atoms with Gasteiger partial charge in [-0.15, -0.1) is 0 Å². The van der Waals surface area contributed by atoms with E-state index < -0.39 is 32.9 Å². The Labute approximate surface area is 158 Å². The van der Waals surface area contributed by atoms with Gasteiger partial charge < -0.3 is 8.85 Å². The maximum absolute atomic E-state index is 11.6. The van der Waals surface area contributed by atoms with Gasteiger partial charge in [-0.05, 0) is 42.7 Å². The Kier molecular flexibility index (Phi) is 8.61. The highest BCUT2D eigenvalue weighted by Gasteiger charge is 2.39. The Morgan fingerprint density at radius 3 is 1.60 bits per heavy atom. The van der Waals surface area contributed by atoms with Crippen LogP contribution >= 0.6 is 0 Å². The molecule has 0 rings (SSSR count).